The monoisotopic (exact) mass is 417 g/mol. The van der Waals surface area contributed by atoms with E-state index in [-0.39, 0.29) is 46.5 Å². The molecule has 0 heterocycles. The van der Waals surface area contributed by atoms with E-state index in [2.05, 4.69) is 71.9 Å². The van der Waals surface area contributed by atoms with Crippen LogP contribution < -0.4 is 0 Å². The molecule has 25 heavy (non-hydrogen) atoms. The molecule has 1 N–H and O–H groups in total. The van der Waals surface area contributed by atoms with Crippen LogP contribution in [0.3, 0.4) is 0 Å². The van der Waals surface area contributed by atoms with Crippen LogP contribution in [0.1, 0.15) is 65.5 Å². The van der Waals surface area contributed by atoms with Gasteiger partial charge in [-0.3, -0.25) is 0 Å². The molecule has 140 valence electrons. The fourth-order valence-electron chi connectivity index (χ4n) is 2.92. The van der Waals surface area contributed by atoms with Gasteiger partial charge in [0.05, 0.1) is 0 Å². The Kier molecular flexibility index (Phi) is 17.7. The molecular formula is C21H33Cl2NTi. The number of allylic oxidation sites excluding steroid dienone is 4. The second-order valence-corrected chi connectivity index (χ2v) is 6.33. The Morgan fingerprint density at radius 2 is 1.64 bits per heavy atom. The second kappa shape index (κ2) is 14.9. The van der Waals surface area contributed by atoms with Gasteiger partial charge in [-0.1, -0.05) is 69.4 Å². The van der Waals surface area contributed by atoms with Gasteiger partial charge in [0.2, 0.25) is 0 Å². The summed E-state index contributed by atoms with van der Waals surface area (Å²) in [5, 5.41) is 0. The number of rotatable bonds is 4. The Labute approximate surface area is 182 Å². The van der Waals surface area contributed by atoms with Crippen molar-refractivity contribution in [1.29, 1.82) is 0 Å². The van der Waals surface area contributed by atoms with Gasteiger partial charge in [-0.15, -0.1) is 42.5 Å². The van der Waals surface area contributed by atoms with E-state index in [9.17, 15) is 0 Å². The van der Waals surface area contributed by atoms with Gasteiger partial charge >= 0.3 is 21.7 Å². The molecule has 1 aromatic rings. The van der Waals surface area contributed by atoms with Crippen molar-refractivity contribution >= 4 is 30.4 Å². The first-order valence-electron chi connectivity index (χ1n) is 8.38. The SMILES string of the molecule is CC1=CC(C)C(c2ccccc2[C-](C)C)=C1C.CCCC[NH-].Cl.Cl.[Ti+2]. The fourth-order valence-corrected chi connectivity index (χ4v) is 2.92. The quantitative estimate of drug-likeness (QED) is 0.354. The summed E-state index contributed by atoms with van der Waals surface area (Å²) in [6.45, 7) is 13.8. The first-order valence-corrected chi connectivity index (χ1v) is 8.38. The van der Waals surface area contributed by atoms with Gasteiger partial charge in [0.1, 0.15) is 0 Å². The van der Waals surface area contributed by atoms with Crippen LogP contribution >= 0.6 is 24.8 Å². The first-order chi connectivity index (χ1) is 10.4. The van der Waals surface area contributed by atoms with Gasteiger partial charge in [0.15, 0.2) is 0 Å². The number of benzene rings is 1. The summed E-state index contributed by atoms with van der Waals surface area (Å²) in [5.41, 5.74) is 13.8. The van der Waals surface area contributed by atoms with Gasteiger partial charge in [-0.2, -0.15) is 24.1 Å². The Morgan fingerprint density at radius 1 is 1.08 bits per heavy atom. The molecule has 0 aliphatic heterocycles. The third-order valence-electron chi connectivity index (χ3n) is 4.24. The summed E-state index contributed by atoms with van der Waals surface area (Å²) in [6.07, 6.45) is 4.58. The zero-order chi connectivity index (χ0) is 16.7. The summed E-state index contributed by atoms with van der Waals surface area (Å²) in [6, 6.07) is 8.75. The molecule has 1 aromatic carbocycles. The standard InChI is InChI=1S/C17H21.C4H10N.2ClH.Ti/c1-11(2)15-8-6-7-9-16(15)17-13(4)10-12(3)14(17)5;1-2-3-4-5;;;/h6-10,13H,1-5H3;5H,2-4H2,1H3;2*1H;/q2*-1;;;+2. The van der Waals surface area contributed by atoms with Crippen molar-refractivity contribution in [3.8, 4) is 0 Å². The summed E-state index contributed by atoms with van der Waals surface area (Å²) in [4.78, 5) is 0. The summed E-state index contributed by atoms with van der Waals surface area (Å²) >= 11 is 0. The van der Waals surface area contributed by atoms with E-state index in [1.165, 1.54) is 33.8 Å². The molecule has 1 aliphatic rings. The van der Waals surface area contributed by atoms with Gasteiger partial charge in [-0.25, -0.2) is 0 Å². The van der Waals surface area contributed by atoms with E-state index in [0.717, 1.165) is 12.8 Å². The van der Waals surface area contributed by atoms with Crippen LogP contribution in [-0.4, -0.2) is 6.54 Å². The Hall–Kier alpha value is -0.176. The maximum atomic E-state index is 6.60. The fraction of sp³-hybridized carbons (Fsp3) is 0.476. The van der Waals surface area contributed by atoms with E-state index >= 15 is 0 Å². The largest absolute Gasteiger partial charge is 2.00 e. The Morgan fingerprint density at radius 3 is 2.00 bits per heavy atom. The molecule has 0 amide bonds. The third kappa shape index (κ3) is 8.37. The predicted octanol–water partition coefficient (Wildman–Crippen LogP) is 7.70. The maximum Gasteiger partial charge on any atom is 2.00 e. The Balaban J connectivity index is -0.000000539. The number of nitrogens with one attached hydrogen (secondary N) is 1. The third-order valence-corrected chi connectivity index (χ3v) is 4.24. The molecule has 4 heteroatoms. The van der Waals surface area contributed by atoms with Crippen molar-refractivity contribution in [2.45, 2.75) is 54.4 Å². The molecule has 1 aliphatic carbocycles. The molecule has 0 bridgehead atoms. The Bertz CT molecular complexity index is 549. The minimum absolute atomic E-state index is 0. The normalized spacial score (nSPS) is 15.0. The van der Waals surface area contributed by atoms with Crippen molar-refractivity contribution < 1.29 is 21.7 Å². The zero-order valence-electron chi connectivity index (χ0n) is 16.4. The molecule has 0 aromatic heterocycles. The van der Waals surface area contributed by atoms with Crippen molar-refractivity contribution in [3.05, 3.63) is 64.3 Å². The molecule has 1 atom stereocenters. The molecule has 0 saturated heterocycles. The van der Waals surface area contributed by atoms with E-state index in [0.29, 0.717) is 12.5 Å². The average Bonchev–Trinajstić information content (AvgIpc) is 2.73. The minimum Gasteiger partial charge on any atom is -0.677 e. The van der Waals surface area contributed by atoms with Crippen LogP contribution in [0.15, 0.2) is 41.5 Å². The number of hydrogen-bond donors (Lipinski definition) is 0. The first kappa shape index (κ1) is 29.6. The molecule has 1 nitrogen and oxygen atoms in total. The van der Waals surface area contributed by atoms with E-state index in [4.69, 9.17) is 5.73 Å². The molecular weight excluding hydrogens is 385 g/mol. The summed E-state index contributed by atoms with van der Waals surface area (Å²) in [7, 11) is 0. The van der Waals surface area contributed by atoms with Crippen LogP contribution in [0, 0.1) is 11.8 Å². The van der Waals surface area contributed by atoms with Crippen molar-refractivity contribution in [2.75, 3.05) is 6.54 Å². The second-order valence-electron chi connectivity index (χ2n) is 6.33. The van der Waals surface area contributed by atoms with Crippen LogP contribution in [0.4, 0.5) is 0 Å². The van der Waals surface area contributed by atoms with Crippen molar-refractivity contribution in [2.24, 2.45) is 5.92 Å². The topological polar surface area (TPSA) is 23.8 Å². The predicted molar refractivity (Wildman–Crippen MR) is 114 cm³/mol. The van der Waals surface area contributed by atoms with E-state index < -0.39 is 0 Å². The van der Waals surface area contributed by atoms with Crippen molar-refractivity contribution in [3.63, 3.8) is 0 Å². The molecule has 2 rings (SSSR count). The van der Waals surface area contributed by atoms with Crippen LogP contribution in [0.5, 0.6) is 0 Å². The maximum absolute atomic E-state index is 6.60. The van der Waals surface area contributed by atoms with Gasteiger partial charge < -0.3 is 5.73 Å². The zero-order valence-corrected chi connectivity index (χ0v) is 19.6. The summed E-state index contributed by atoms with van der Waals surface area (Å²) < 4.78 is 0. The van der Waals surface area contributed by atoms with Gasteiger partial charge in [0.25, 0.3) is 0 Å². The number of unbranched alkanes of at least 4 members (excludes halogenated alkanes) is 1. The molecule has 1 unspecified atom stereocenters. The molecule has 0 spiro atoms. The molecule has 0 saturated carbocycles. The van der Waals surface area contributed by atoms with E-state index in [1.54, 1.807) is 0 Å². The van der Waals surface area contributed by atoms with Crippen LogP contribution in [0.25, 0.3) is 11.3 Å². The van der Waals surface area contributed by atoms with Crippen molar-refractivity contribution in [1.82, 2.24) is 0 Å². The average molecular weight is 418 g/mol. The van der Waals surface area contributed by atoms with E-state index in [1.807, 2.05) is 0 Å². The number of hydrogen-bond acceptors (Lipinski definition) is 0. The van der Waals surface area contributed by atoms with Crippen LogP contribution in [-0.2, 0) is 21.7 Å². The number of halogens is 2. The van der Waals surface area contributed by atoms with Gasteiger partial charge in [0, 0.05) is 0 Å². The smallest absolute Gasteiger partial charge is 0.677 e. The molecule has 0 fully saturated rings. The molecule has 0 radical (unpaired) electrons. The van der Waals surface area contributed by atoms with Gasteiger partial charge in [-0.05, 0) is 19.8 Å². The summed E-state index contributed by atoms with van der Waals surface area (Å²) in [5.74, 6) is 1.92. The van der Waals surface area contributed by atoms with Crippen LogP contribution in [0.2, 0.25) is 0 Å². The minimum atomic E-state index is 0.